The summed E-state index contributed by atoms with van der Waals surface area (Å²) in [6, 6.07) is 3.73. The van der Waals surface area contributed by atoms with Crippen LogP contribution in [0.5, 0.6) is 5.88 Å². The van der Waals surface area contributed by atoms with Gasteiger partial charge in [0.25, 0.3) is 5.56 Å². The fourth-order valence-corrected chi connectivity index (χ4v) is 2.08. The largest absolute Gasteiger partial charge is 0.478 e. The zero-order chi connectivity index (χ0) is 15.9. The van der Waals surface area contributed by atoms with Crippen molar-refractivity contribution in [1.82, 2.24) is 14.5 Å². The zero-order valence-corrected chi connectivity index (χ0v) is 13.2. The molecule has 0 spiro atoms. The van der Waals surface area contributed by atoms with Crippen LogP contribution in [0.25, 0.3) is 0 Å². The van der Waals surface area contributed by atoms with Gasteiger partial charge in [0.2, 0.25) is 5.88 Å². The zero-order valence-electron chi connectivity index (χ0n) is 13.2. The molecule has 0 aliphatic rings. The fourth-order valence-electron chi connectivity index (χ4n) is 2.08. The molecule has 0 unspecified atom stereocenters. The number of nitrogens with one attached hydrogen (secondary N) is 1. The van der Waals surface area contributed by atoms with Crippen molar-refractivity contribution in [2.45, 2.75) is 33.9 Å². The molecule has 22 heavy (non-hydrogen) atoms. The number of rotatable bonds is 7. The topological polar surface area (TPSA) is 69.0 Å². The van der Waals surface area contributed by atoms with Crippen LogP contribution in [0.4, 0.5) is 5.82 Å². The summed E-state index contributed by atoms with van der Waals surface area (Å²) in [5.74, 6) is 1.35. The van der Waals surface area contributed by atoms with Crippen molar-refractivity contribution in [3.63, 3.8) is 0 Å². The van der Waals surface area contributed by atoms with Crippen molar-refractivity contribution in [2.75, 3.05) is 11.9 Å². The Morgan fingerprint density at radius 3 is 2.86 bits per heavy atom. The van der Waals surface area contributed by atoms with E-state index < -0.39 is 0 Å². The Balaban J connectivity index is 2.08. The van der Waals surface area contributed by atoms with Crippen LogP contribution < -0.4 is 15.6 Å². The number of pyridine rings is 1. The summed E-state index contributed by atoms with van der Waals surface area (Å²) in [7, 11) is 0. The van der Waals surface area contributed by atoms with Crippen LogP contribution in [-0.4, -0.2) is 21.1 Å². The molecule has 6 nitrogen and oxygen atoms in total. The molecule has 2 aromatic rings. The molecule has 0 aromatic carbocycles. The van der Waals surface area contributed by atoms with Gasteiger partial charge in [0.05, 0.1) is 6.61 Å². The van der Waals surface area contributed by atoms with E-state index >= 15 is 0 Å². The van der Waals surface area contributed by atoms with Gasteiger partial charge in [0.15, 0.2) is 5.82 Å². The van der Waals surface area contributed by atoms with Crippen molar-refractivity contribution < 1.29 is 4.74 Å². The van der Waals surface area contributed by atoms with Gasteiger partial charge in [-0.1, -0.05) is 13.8 Å². The summed E-state index contributed by atoms with van der Waals surface area (Å²) in [6.45, 7) is 7.82. The predicted octanol–water partition coefficient (Wildman–Crippen LogP) is 2.31. The summed E-state index contributed by atoms with van der Waals surface area (Å²) in [6.07, 6.45) is 5.05. The lowest BCUT2D eigenvalue weighted by Crippen LogP contribution is -2.25. The van der Waals surface area contributed by atoms with E-state index in [1.54, 1.807) is 23.2 Å². The van der Waals surface area contributed by atoms with Crippen LogP contribution >= 0.6 is 0 Å². The number of ether oxygens (including phenoxy) is 1. The summed E-state index contributed by atoms with van der Waals surface area (Å²) in [5.41, 5.74) is 0.884. The first-order valence-corrected chi connectivity index (χ1v) is 7.47. The fraction of sp³-hybridized carbons (Fsp3) is 0.438. The minimum Gasteiger partial charge on any atom is -0.478 e. The quantitative estimate of drug-likeness (QED) is 0.850. The van der Waals surface area contributed by atoms with E-state index in [1.807, 2.05) is 19.1 Å². The van der Waals surface area contributed by atoms with E-state index in [-0.39, 0.29) is 5.56 Å². The second-order valence-electron chi connectivity index (χ2n) is 5.42. The average Bonchev–Trinajstić information content (AvgIpc) is 2.48. The molecule has 0 saturated carbocycles. The van der Waals surface area contributed by atoms with Crippen LogP contribution in [-0.2, 0) is 13.1 Å². The van der Waals surface area contributed by atoms with Gasteiger partial charge in [-0.3, -0.25) is 4.79 Å². The molecule has 0 aliphatic heterocycles. The third kappa shape index (κ3) is 4.31. The number of nitrogens with zero attached hydrogens (tertiary/aromatic N) is 3. The molecule has 6 heteroatoms. The SMILES string of the molecule is CCOc1cc(CNc2nccn(CC(C)C)c2=O)ccn1. The Bertz CT molecular complexity index is 667. The summed E-state index contributed by atoms with van der Waals surface area (Å²) >= 11 is 0. The number of hydrogen-bond acceptors (Lipinski definition) is 5. The molecule has 0 radical (unpaired) electrons. The highest BCUT2D eigenvalue weighted by molar-refractivity contribution is 5.33. The van der Waals surface area contributed by atoms with Gasteiger partial charge in [-0.15, -0.1) is 0 Å². The molecular weight excluding hydrogens is 280 g/mol. The van der Waals surface area contributed by atoms with Crippen LogP contribution in [0.3, 0.4) is 0 Å². The highest BCUT2D eigenvalue weighted by Crippen LogP contribution is 2.10. The van der Waals surface area contributed by atoms with Gasteiger partial charge in [-0.05, 0) is 24.5 Å². The normalized spacial score (nSPS) is 10.7. The lowest BCUT2D eigenvalue weighted by atomic mass is 10.2. The van der Waals surface area contributed by atoms with Gasteiger partial charge in [-0.2, -0.15) is 0 Å². The Morgan fingerprint density at radius 1 is 1.32 bits per heavy atom. The molecule has 0 amide bonds. The van der Waals surface area contributed by atoms with Gasteiger partial charge >= 0.3 is 0 Å². The lowest BCUT2D eigenvalue weighted by Gasteiger charge is -2.11. The van der Waals surface area contributed by atoms with E-state index in [0.717, 1.165) is 5.56 Å². The highest BCUT2D eigenvalue weighted by atomic mass is 16.5. The molecule has 1 N–H and O–H groups in total. The predicted molar refractivity (Wildman–Crippen MR) is 86.1 cm³/mol. The molecule has 0 aliphatic carbocycles. The average molecular weight is 302 g/mol. The molecule has 2 heterocycles. The Morgan fingerprint density at radius 2 is 2.14 bits per heavy atom. The van der Waals surface area contributed by atoms with Crippen LogP contribution in [0, 0.1) is 5.92 Å². The van der Waals surface area contributed by atoms with Crippen LogP contribution in [0.1, 0.15) is 26.3 Å². The van der Waals surface area contributed by atoms with Crippen LogP contribution in [0.2, 0.25) is 0 Å². The van der Waals surface area contributed by atoms with Crippen molar-refractivity contribution in [2.24, 2.45) is 5.92 Å². The van der Waals surface area contributed by atoms with E-state index in [9.17, 15) is 4.79 Å². The summed E-state index contributed by atoms with van der Waals surface area (Å²) < 4.78 is 7.04. The minimum atomic E-state index is -0.102. The van der Waals surface area contributed by atoms with Crippen molar-refractivity contribution in [3.05, 3.63) is 46.6 Å². The maximum absolute atomic E-state index is 12.3. The number of anilines is 1. The second-order valence-corrected chi connectivity index (χ2v) is 5.42. The summed E-state index contributed by atoms with van der Waals surface area (Å²) in [4.78, 5) is 20.5. The smallest absolute Gasteiger partial charge is 0.293 e. The van der Waals surface area contributed by atoms with Crippen molar-refractivity contribution in [1.29, 1.82) is 0 Å². The molecule has 2 rings (SSSR count). The highest BCUT2D eigenvalue weighted by Gasteiger charge is 2.06. The molecule has 0 bridgehead atoms. The van der Waals surface area contributed by atoms with E-state index in [4.69, 9.17) is 4.74 Å². The van der Waals surface area contributed by atoms with E-state index in [2.05, 4.69) is 29.1 Å². The number of hydrogen-bond donors (Lipinski definition) is 1. The molecule has 2 aromatic heterocycles. The maximum Gasteiger partial charge on any atom is 0.293 e. The molecule has 118 valence electrons. The Kier molecular flexibility index (Phi) is 5.52. The maximum atomic E-state index is 12.3. The monoisotopic (exact) mass is 302 g/mol. The first-order valence-electron chi connectivity index (χ1n) is 7.47. The first-order chi connectivity index (χ1) is 10.6. The third-order valence-corrected chi connectivity index (χ3v) is 3.03. The molecule has 0 saturated heterocycles. The minimum absolute atomic E-state index is 0.102. The van der Waals surface area contributed by atoms with Crippen LogP contribution in [0.15, 0.2) is 35.5 Å². The van der Waals surface area contributed by atoms with E-state index in [1.165, 1.54) is 0 Å². The summed E-state index contributed by atoms with van der Waals surface area (Å²) in [5, 5.41) is 3.08. The molecule has 0 fully saturated rings. The van der Waals surface area contributed by atoms with Gasteiger partial charge < -0.3 is 14.6 Å². The number of aromatic nitrogens is 3. The molecular formula is C16H22N4O2. The third-order valence-electron chi connectivity index (χ3n) is 3.03. The standard InChI is InChI=1S/C16H22N4O2/c1-4-22-14-9-13(5-6-17-14)10-19-15-16(21)20(8-7-18-15)11-12(2)3/h5-9,12H,4,10-11H2,1-3H3,(H,18,19). The molecule has 0 atom stereocenters. The van der Waals surface area contributed by atoms with Gasteiger partial charge in [0.1, 0.15) is 0 Å². The lowest BCUT2D eigenvalue weighted by molar-refractivity contribution is 0.326. The van der Waals surface area contributed by atoms with Crippen molar-refractivity contribution in [3.8, 4) is 5.88 Å². The Labute approximate surface area is 130 Å². The Hall–Kier alpha value is -2.37. The van der Waals surface area contributed by atoms with Gasteiger partial charge in [0, 0.05) is 37.7 Å². The van der Waals surface area contributed by atoms with Gasteiger partial charge in [-0.25, -0.2) is 9.97 Å². The van der Waals surface area contributed by atoms with E-state index in [0.29, 0.717) is 37.3 Å². The first kappa shape index (κ1) is 16.0. The second kappa shape index (κ2) is 7.59. The van der Waals surface area contributed by atoms with Crippen molar-refractivity contribution >= 4 is 5.82 Å².